The molecule has 1 atom stereocenters. The quantitative estimate of drug-likeness (QED) is 0.0403. The van der Waals surface area contributed by atoms with Crippen molar-refractivity contribution in [2.24, 2.45) is 0 Å². The van der Waals surface area contributed by atoms with E-state index in [0.29, 0.717) is 47.7 Å². The molecule has 0 radical (unpaired) electrons. The topological polar surface area (TPSA) is 235 Å². The molecular formula is C40H53Cl3N7O11+. The SMILES string of the molecule is O=C(O)CN(CCN(CC(=O)O)CC(=O)O)CCN(CC(=O)O)CC(=O)NCCCCCCNC(=O)C[n+]1ccn(CC(OCc2ccc(Cl)cc2)c2ccc(Cl)cc2Cl)c1. The zero-order valence-corrected chi connectivity index (χ0v) is 35.9. The lowest BCUT2D eigenvalue weighted by Gasteiger charge is -2.27. The molecule has 6 N–H and O–H groups in total. The molecule has 0 bridgehead atoms. The molecule has 0 aliphatic carbocycles. The Labute approximate surface area is 368 Å². The predicted molar refractivity (Wildman–Crippen MR) is 224 cm³/mol. The molecule has 0 aliphatic rings. The van der Waals surface area contributed by atoms with Gasteiger partial charge in [-0.2, -0.15) is 0 Å². The van der Waals surface area contributed by atoms with Crippen molar-refractivity contribution < 1.29 is 58.5 Å². The third-order valence-corrected chi connectivity index (χ3v) is 9.95. The number of carboxylic acids is 4. The van der Waals surface area contributed by atoms with Crippen molar-refractivity contribution in [1.82, 2.24) is 29.9 Å². The standard InChI is InChI=1S/C40H52Cl3N7O11/c41-30-7-5-29(6-8-30)27-61-34(32-10-9-31(42)19-33(32)43)20-49-17-18-50(28-49)22-36(52)45-12-4-2-1-3-11-44-35(51)21-47(24-38(55)56)15-13-46(23-37(53)54)14-16-48(25-39(57)58)26-40(59)60/h5-10,17-19,28,34H,1-4,11-16,20-27H2,(H5-,44,45,51,52,53,54,55,56,57,58,59,60)/p+1. The first-order chi connectivity index (χ1) is 29.1. The van der Waals surface area contributed by atoms with E-state index in [2.05, 4.69) is 10.6 Å². The Morgan fingerprint density at radius 2 is 1.16 bits per heavy atom. The number of amides is 2. The molecule has 1 heterocycles. The van der Waals surface area contributed by atoms with Crippen LogP contribution in [0, 0.1) is 0 Å². The minimum atomic E-state index is -1.24. The second kappa shape index (κ2) is 27.2. The Balaban J connectivity index is 1.36. The lowest BCUT2D eigenvalue weighted by Crippen LogP contribution is -2.46. The number of imidazole rings is 1. The smallest absolute Gasteiger partial charge is 0.317 e. The van der Waals surface area contributed by atoms with E-state index in [4.69, 9.17) is 49.8 Å². The zero-order valence-electron chi connectivity index (χ0n) is 33.6. The van der Waals surface area contributed by atoms with E-state index in [0.717, 1.165) is 35.3 Å². The lowest BCUT2D eigenvalue weighted by molar-refractivity contribution is -0.684. The molecule has 1 unspecified atom stereocenters. The zero-order chi connectivity index (χ0) is 44.7. The number of halogens is 3. The monoisotopic (exact) mass is 912 g/mol. The summed E-state index contributed by atoms with van der Waals surface area (Å²) in [6, 6.07) is 12.6. The molecule has 2 amide bonds. The van der Waals surface area contributed by atoms with Crippen LogP contribution in [0.3, 0.4) is 0 Å². The highest BCUT2D eigenvalue weighted by Crippen LogP contribution is 2.30. The van der Waals surface area contributed by atoms with E-state index >= 15 is 0 Å². The van der Waals surface area contributed by atoms with Crippen LogP contribution in [0.4, 0.5) is 0 Å². The summed E-state index contributed by atoms with van der Waals surface area (Å²) in [5, 5.41) is 44.1. The van der Waals surface area contributed by atoms with Crippen molar-refractivity contribution in [3.05, 3.63) is 87.4 Å². The first kappa shape index (κ1) is 50.5. The maximum Gasteiger partial charge on any atom is 0.317 e. The molecule has 3 aromatic rings. The largest absolute Gasteiger partial charge is 0.480 e. The summed E-state index contributed by atoms with van der Waals surface area (Å²) in [7, 11) is 0. The van der Waals surface area contributed by atoms with Crippen molar-refractivity contribution in [2.45, 2.75) is 51.5 Å². The number of ether oxygens (including phenoxy) is 1. The fraction of sp³-hybridized carbons (Fsp3) is 0.475. The number of carbonyl (C=O) groups excluding carboxylic acids is 2. The molecule has 0 saturated carbocycles. The van der Waals surface area contributed by atoms with Gasteiger partial charge >= 0.3 is 23.9 Å². The molecular weight excluding hydrogens is 861 g/mol. The molecule has 18 nitrogen and oxygen atoms in total. The highest BCUT2D eigenvalue weighted by Gasteiger charge is 2.22. The van der Waals surface area contributed by atoms with Crippen LogP contribution in [0.1, 0.15) is 42.9 Å². The van der Waals surface area contributed by atoms with E-state index in [1.54, 1.807) is 35.0 Å². The summed E-state index contributed by atoms with van der Waals surface area (Å²) in [5.74, 6) is -5.41. The van der Waals surface area contributed by atoms with Crippen LogP contribution in [-0.4, -0.2) is 147 Å². The number of unbranched alkanes of at least 4 members (excludes halogenated alkanes) is 3. The Morgan fingerprint density at radius 1 is 0.656 bits per heavy atom. The number of nitrogens with one attached hydrogen (secondary N) is 2. The van der Waals surface area contributed by atoms with Gasteiger partial charge in [-0.15, -0.1) is 0 Å². The number of hydrogen-bond donors (Lipinski definition) is 6. The molecule has 3 rings (SSSR count). The molecule has 0 saturated heterocycles. The second-order valence-corrected chi connectivity index (χ2v) is 15.5. The van der Waals surface area contributed by atoms with Gasteiger partial charge in [0.25, 0.3) is 5.91 Å². The fourth-order valence-corrected chi connectivity index (χ4v) is 6.84. The number of aromatic nitrogens is 2. The first-order valence-electron chi connectivity index (χ1n) is 19.5. The number of carbonyl (C=O) groups is 6. The summed E-state index contributed by atoms with van der Waals surface area (Å²) in [6.07, 6.45) is 8.01. The van der Waals surface area contributed by atoms with Gasteiger partial charge in [0.1, 0.15) is 25.0 Å². The third-order valence-electron chi connectivity index (χ3n) is 9.14. The summed E-state index contributed by atoms with van der Waals surface area (Å²) >= 11 is 18.7. The van der Waals surface area contributed by atoms with Crippen LogP contribution in [-0.2, 0) is 53.2 Å². The fourth-order valence-electron chi connectivity index (χ4n) is 6.18. The Bertz CT molecular complexity index is 1890. The van der Waals surface area contributed by atoms with Crippen LogP contribution in [0.2, 0.25) is 15.1 Å². The summed E-state index contributed by atoms with van der Waals surface area (Å²) in [6.45, 7) is -0.596. The van der Waals surface area contributed by atoms with Crippen molar-refractivity contribution >= 4 is 70.5 Å². The van der Waals surface area contributed by atoms with Gasteiger partial charge in [0.05, 0.1) is 39.3 Å². The van der Waals surface area contributed by atoms with Gasteiger partial charge in [-0.25, -0.2) is 9.13 Å². The average molecular weight is 914 g/mol. The first-order valence-corrected chi connectivity index (χ1v) is 20.6. The normalized spacial score (nSPS) is 11.8. The van der Waals surface area contributed by atoms with E-state index < -0.39 is 62.1 Å². The summed E-state index contributed by atoms with van der Waals surface area (Å²) in [4.78, 5) is 74.3. The molecule has 21 heteroatoms. The molecule has 0 spiro atoms. The molecule has 0 aliphatic heterocycles. The predicted octanol–water partition coefficient (Wildman–Crippen LogP) is 2.73. The maximum absolute atomic E-state index is 12.7. The third kappa shape index (κ3) is 21.5. The van der Waals surface area contributed by atoms with E-state index in [1.807, 2.05) is 35.3 Å². The molecule has 1 aromatic heterocycles. The van der Waals surface area contributed by atoms with Crippen LogP contribution < -0.4 is 15.2 Å². The Kier molecular flexibility index (Phi) is 22.5. The van der Waals surface area contributed by atoms with Crippen LogP contribution in [0.15, 0.2) is 61.2 Å². The van der Waals surface area contributed by atoms with Crippen molar-refractivity contribution in [2.75, 3.05) is 72.0 Å². The number of benzene rings is 2. The van der Waals surface area contributed by atoms with Crippen molar-refractivity contribution in [3.8, 4) is 0 Å². The minimum Gasteiger partial charge on any atom is -0.480 e. The molecule has 61 heavy (non-hydrogen) atoms. The van der Waals surface area contributed by atoms with Crippen LogP contribution >= 0.6 is 34.8 Å². The van der Waals surface area contributed by atoms with Crippen LogP contribution in [0.25, 0.3) is 0 Å². The lowest BCUT2D eigenvalue weighted by atomic mass is 10.1. The number of nitrogens with zero attached hydrogens (tertiary/aromatic N) is 5. The molecule has 0 fully saturated rings. The number of hydrogen-bond acceptors (Lipinski definition) is 10. The number of aliphatic carboxylic acids is 4. The van der Waals surface area contributed by atoms with Gasteiger partial charge in [0.15, 0.2) is 6.54 Å². The van der Waals surface area contributed by atoms with E-state index in [1.165, 1.54) is 9.80 Å². The Morgan fingerprint density at radius 3 is 1.72 bits per heavy atom. The maximum atomic E-state index is 12.7. The van der Waals surface area contributed by atoms with Gasteiger partial charge in [0, 0.05) is 59.9 Å². The average Bonchev–Trinajstić information content (AvgIpc) is 3.61. The van der Waals surface area contributed by atoms with Gasteiger partial charge in [-0.1, -0.05) is 65.8 Å². The van der Waals surface area contributed by atoms with Crippen LogP contribution in [0.5, 0.6) is 0 Å². The van der Waals surface area contributed by atoms with Gasteiger partial charge < -0.3 is 35.8 Å². The van der Waals surface area contributed by atoms with Gasteiger partial charge in [-0.3, -0.25) is 43.5 Å². The second-order valence-electron chi connectivity index (χ2n) is 14.3. The summed E-state index contributed by atoms with van der Waals surface area (Å²) < 4.78 is 9.98. The van der Waals surface area contributed by atoms with Gasteiger partial charge in [-0.05, 0) is 42.7 Å². The Hall–Kier alpha value is -4.82. The molecule has 2 aromatic carbocycles. The highest BCUT2D eigenvalue weighted by molar-refractivity contribution is 6.35. The number of rotatable bonds is 31. The molecule has 334 valence electrons. The van der Waals surface area contributed by atoms with Crippen molar-refractivity contribution in [1.29, 1.82) is 0 Å². The van der Waals surface area contributed by atoms with E-state index in [9.17, 15) is 39.0 Å². The number of carboxylic acid groups (broad SMARTS) is 4. The highest BCUT2D eigenvalue weighted by atomic mass is 35.5. The van der Waals surface area contributed by atoms with Gasteiger partial charge in [0.2, 0.25) is 12.2 Å². The minimum absolute atomic E-state index is 0.00363. The van der Waals surface area contributed by atoms with Crippen molar-refractivity contribution in [3.63, 3.8) is 0 Å². The summed E-state index contributed by atoms with van der Waals surface area (Å²) in [5.41, 5.74) is 1.72. The van der Waals surface area contributed by atoms with E-state index in [-0.39, 0.29) is 45.2 Å².